The van der Waals surface area contributed by atoms with Gasteiger partial charge in [-0.05, 0) is 42.7 Å². The van der Waals surface area contributed by atoms with Gasteiger partial charge in [0, 0.05) is 18.8 Å². The van der Waals surface area contributed by atoms with E-state index in [1.807, 2.05) is 13.8 Å². The molecule has 1 saturated heterocycles. The lowest BCUT2D eigenvalue weighted by molar-refractivity contribution is 0.0696. The molecule has 0 unspecified atom stereocenters. The van der Waals surface area contributed by atoms with Gasteiger partial charge in [0.2, 0.25) is 0 Å². The minimum atomic E-state index is -0.878. The van der Waals surface area contributed by atoms with Crippen molar-refractivity contribution in [1.29, 1.82) is 0 Å². The summed E-state index contributed by atoms with van der Waals surface area (Å²) in [6.45, 7) is 10.5. The molecule has 1 aliphatic heterocycles. The van der Waals surface area contributed by atoms with Crippen LogP contribution in [-0.4, -0.2) is 29.1 Å². The van der Waals surface area contributed by atoms with Crippen molar-refractivity contribution >= 4 is 11.8 Å². The highest BCUT2D eigenvalue weighted by atomic mass is 16.4. The van der Waals surface area contributed by atoms with Crippen LogP contribution in [0, 0.1) is 5.41 Å². The Morgan fingerprint density at radius 1 is 1.38 bits per heavy atom. The Bertz CT molecular complexity index is 522. The van der Waals surface area contributed by atoms with Crippen molar-refractivity contribution in [1.82, 2.24) is 4.98 Å². The van der Waals surface area contributed by atoms with Gasteiger partial charge >= 0.3 is 5.97 Å². The zero-order valence-corrected chi connectivity index (χ0v) is 13.5. The quantitative estimate of drug-likeness (QED) is 0.893. The van der Waals surface area contributed by atoms with Crippen LogP contribution in [0.5, 0.6) is 0 Å². The van der Waals surface area contributed by atoms with Crippen molar-refractivity contribution < 1.29 is 9.90 Å². The third-order valence-corrected chi connectivity index (χ3v) is 4.93. The van der Waals surface area contributed by atoms with E-state index in [2.05, 4.69) is 18.7 Å². The average Bonchev–Trinajstić information content (AvgIpc) is 2.92. The maximum atomic E-state index is 11.3. The van der Waals surface area contributed by atoms with E-state index in [0.29, 0.717) is 11.0 Å². The summed E-state index contributed by atoms with van der Waals surface area (Å²) in [4.78, 5) is 18.3. The third kappa shape index (κ3) is 3.20. The summed E-state index contributed by atoms with van der Waals surface area (Å²) >= 11 is 0. The first-order chi connectivity index (χ1) is 9.90. The van der Waals surface area contributed by atoms with Crippen LogP contribution < -0.4 is 4.90 Å². The van der Waals surface area contributed by atoms with Crippen molar-refractivity contribution in [2.75, 3.05) is 18.0 Å². The fraction of sp³-hybridized carbons (Fsp3) is 0.647. The van der Waals surface area contributed by atoms with Crippen molar-refractivity contribution in [2.24, 2.45) is 5.41 Å². The molecule has 0 amide bonds. The van der Waals surface area contributed by atoms with E-state index in [9.17, 15) is 9.90 Å². The van der Waals surface area contributed by atoms with Gasteiger partial charge in [0.1, 0.15) is 5.82 Å². The number of pyridine rings is 1. The number of carboxylic acids is 1. The SMILES string of the molecule is CCC1(CC)CCN(c2cc(C(=O)O)cc(C(C)C)n2)C1. The Hall–Kier alpha value is -1.58. The van der Waals surface area contributed by atoms with Crippen molar-refractivity contribution in [3.8, 4) is 0 Å². The van der Waals surface area contributed by atoms with E-state index in [0.717, 1.165) is 43.9 Å². The zero-order valence-electron chi connectivity index (χ0n) is 13.5. The molecule has 21 heavy (non-hydrogen) atoms. The first kappa shape index (κ1) is 15.8. The van der Waals surface area contributed by atoms with Crippen LogP contribution in [0.2, 0.25) is 0 Å². The number of rotatable bonds is 5. The maximum Gasteiger partial charge on any atom is 0.335 e. The van der Waals surface area contributed by atoms with Crippen molar-refractivity contribution in [3.05, 3.63) is 23.4 Å². The molecule has 116 valence electrons. The minimum Gasteiger partial charge on any atom is -0.478 e. The number of nitrogens with zero attached hydrogens (tertiary/aromatic N) is 2. The predicted molar refractivity (Wildman–Crippen MR) is 85.1 cm³/mol. The summed E-state index contributed by atoms with van der Waals surface area (Å²) in [7, 11) is 0. The van der Waals surface area contributed by atoms with Gasteiger partial charge in [-0.3, -0.25) is 0 Å². The average molecular weight is 290 g/mol. The Balaban J connectivity index is 2.34. The molecule has 1 aromatic heterocycles. The lowest BCUT2D eigenvalue weighted by atomic mass is 9.82. The highest BCUT2D eigenvalue weighted by molar-refractivity contribution is 5.88. The molecule has 1 fully saturated rings. The lowest BCUT2D eigenvalue weighted by Crippen LogP contribution is -2.27. The molecule has 0 aliphatic carbocycles. The van der Waals surface area contributed by atoms with E-state index in [4.69, 9.17) is 4.98 Å². The van der Waals surface area contributed by atoms with E-state index in [-0.39, 0.29) is 5.92 Å². The van der Waals surface area contributed by atoms with Crippen LogP contribution in [0.25, 0.3) is 0 Å². The second kappa shape index (κ2) is 6.04. The fourth-order valence-corrected chi connectivity index (χ4v) is 3.08. The van der Waals surface area contributed by atoms with Crippen LogP contribution in [-0.2, 0) is 0 Å². The molecule has 0 bridgehead atoms. The summed E-state index contributed by atoms with van der Waals surface area (Å²) in [6, 6.07) is 3.41. The highest BCUT2D eigenvalue weighted by Gasteiger charge is 2.35. The smallest absolute Gasteiger partial charge is 0.335 e. The second-order valence-electron chi connectivity index (χ2n) is 6.48. The normalized spacial score (nSPS) is 17.5. The Labute approximate surface area is 127 Å². The molecule has 0 atom stereocenters. The van der Waals surface area contributed by atoms with Gasteiger partial charge < -0.3 is 10.0 Å². The number of carbonyl (C=O) groups is 1. The second-order valence-corrected chi connectivity index (χ2v) is 6.48. The highest BCUT2D eigenvalue weighted by Crippen LogP contribution is 2.38. The fourth-order valence-electron chi connectivity index (χ4n) is 3.08. The lowest BCUT2D eigenvalue weighted by Gasteiger charge is -2.27. The van der Waals surface area contributed by atoms with Crippen LogP contribution in [0.15, 0.2) is 12.1 Å². The molecule has 4 nitrogen and oxygen atoms in total. The Morgan fingerprint density at radius 3 is 2.52 bits per heavy atom. The minimum absolute atomic E-state index is 0.229. The van der Waals surface area contributed by atoms with Gasteiger partial charge in [0.05, 0.1) is 5.56 Å². The summed E-state index contributed by atoms with van der Waals surface area (Å²) in [5.74, 6) is 0.173. The van der Waals surface area contributed by atoms with E-state index in [1.54, 1.807) is 12.1 Å². The van der Waals surface area contributed by atoms with E-state index < -0.39 is 5.97 Å². The maximum absolute atomic E-state index is 11.3. The predicted octanol–water partition coefficient (Wildman–Crippen LogP) is 3.92. The van der Waals surface area contributed by atoms with E-state index >= 15 is 0 Å². The largest absolute Gasteiger partial charge is 0.478 e. The number of hydrogen-bond acceptors (Lipinski definition) is 3. The molecule has 1 aromatic rings. The molecule has 1 aliphatic rings. The summed E-state index contributed by atoms with van der Waals surface area (Å²) in [5.41, 5.74) is 1.56. The van der Waals surface area contributed by atoms with Crippen LogP contribution in [0.4, 0.5) is 5.82 Å². The monoisotopic (exact) mass is 290 g/mol. The zero-order chi connectivity index (χ0) is 15.6. The van der Waals surface area contributed by atoms with Gasteiger partial charge in [-0.1, -0.05) is 27.7 Å². The van der Waals surface area contributed by atoms with Crippen LogP contribution >= 0.6 is 0 Å². The molecule has 2 rings (SSSR count). The van der Waals surface area contributed by atoms with Gasteiger partial charge in [0.25, 0.3) is 0 Å². The summed E-state index contributed by atoms with van der Waals surface area (Å²) < 4.78 is 0. The molecule has 0 radical (unpaired) electrons. The molecule has 4 heteroatoms. The number of aromatic carboxylic acids is 1. The molecular formula is C17H26N2O2. The first-order valence-corrected chi connectivity index (χ1v) is 7.91. The third-order valence-electron chi connectivity index (χ3n) is 4.93. The molecule has 2 heterocycles. The van der Waals surface area contributed by atoms with Gasteiger partial charge in [-0.2, -0.15) is 0 Å². The number of carboxylic acid groups (broad SMARTS) is 1. The molecule has 1 N–H and O–H groups in total. The van der Waals surface area contributed by atoms with Gasteiger partial charge in [-0.25, -0.2) is 9.78 Å². The molecule has 0 spiro atoms. The number of aromatic nitrogens is 1. The topological polar surface area (TPSA) is 53.4 Å². The number of hydrogen-bond donors (Lipinski definition) is 1. The molecular weight excluding hydrogens is 264 g/mol. The molecule has 0 saturated carbocycles. The van der Waals surface area contributed by atoms with Crippen LogP contribution in [0.3, 0.4) is 0 Å². The summed E-state index contributed by atoms with van der Waals surface area (Å²) in [6.07, 6.45) is 3.49. The molecule has 0 aromatic carbocycles. The van der Waals surface area contributed by atoms with E-state index in [1.165, 1.54) is 0 Å². The standard InChI is InChI=1S/C17H26N2O2/c1-5-17(6-2)7-8-19(11-17)15-10-13(16(20)21)9-14(18-15)12(3)4/h9-10,12H,5-8,11H2,1-4H3,(H,20,21). The van der Waals surface area contributed by atoms with Crippen molar-refractivity contribution in [3.63, 3.8) is 0 Å². The van der Waals surface area contributed by atoms with Crippen LogP contribution in [0.1, 0.15) is 68.9 Å². The van der Waals surface area contributed by atoms with Crippen molar-refractivity contribution in [2.45, 2.75) is 52.9 Å². The van der Waals surface area contributed by atoms with Gasteiger partial charge in [0.15, 0.2) is 0 Å². The Morgan fingerprint density at radius 2 is 2.05 bits per heavy atom. The Kier molecular flexibility index (Phi) is 4.55. The number of anilines is 1. The van der Waals surface area contributed by atoms with Gasteiger partial charge in [-0.15, -0.1) is 0 Å². The first-order valence-electron chi connectivity index (χ1n) is 7.91. The summed E-state index contributed by atoms with van der Waals surface area (Å²) in [5, 5.41) is 9.31.